The lowest BCUT2D eigenvalue weighted by atomic mass is 10.2. The highest BCUT2D eigenvalue weighted by molar-refractivity contribution is 8.26. The highest BCUT2D eigenvalue weighted by Gasteiger charge is 2.30. The molecule has 26 heavy (non-hydrogen) atoms. The molecule has 6 nitrogen and oxygen atoms in total. The second kappa shape index (κ2) is 9.05. The standard InChI is InChI=1S/C18H22N2O4S2/c1-5-20-17(22)15(26-18(20)25)10-12-7-8-13(14(9-12)23-6-2)24-11-16(21)19(3)4/h7-10H,5-6,11H2,1-4H3/b15-10-. The zero-order valence-corrected chi connectivity index (χ0v) is 16.9. The van der Waals surface area contributed by atoms with Crippen LogP contribution in [0.3, 0.4) is 0 Å². The maximum absolute atomic E-state index is 12.3. The molecule has 1 aliphatic rings. The van der Waals surface area contributed by atoms with E-state index < -0.39 is 0 Å². The molecule has 0 aliphatic carbocycles. The van der Waals surface area contributed by atoms with E-state index in [1.807, 2.05) is 19.9 Å². The largest absolute Gasteiger partial charge is 0.490 e. The number of hydrogen-bond donors (Lipinski definition) is 0. The summed E-state index contributed by atoms with van der Waals surface area (Å²) in [5.41, 5.74) is 0.802. The lowest BCUT2D eigenvalue weighted by Gasteiger charge is -2.14. The smallest absolute Gasteiger partial charge is 0.266 e. The molecule has 0 bridgehead atoms. The molecule has 1 aromatic rings. The second-order valence-electron chi connectivity index (χ2n) is 5.64. The topological polar surface area (TPSA) is 59.1 Å². The Bertz CT molecular complexity index is 747. The molecule has 0 atom stereocenters. The molecule has 0 radical (unpaired) electrons. The third kappa shape index (κ3) is 4.76. The summed E-state index contributed by atoms with van der Waals surface area (Å²) >= 11 is 6.51. The van der Waals surface area contributed by atoms with Gasteiger partial charge in [0.1, 0.15) is 4.32 Å². The Balaban J connectivity index is 2.22. The van der Waals surface area contributed by atoms with E-state index in [9.17, 15) is 9.59 Å². The van der Waals surface area contributed by atoms with Crippen LogP contribution in [0.4, 0.5) is 0 Å². The minimum atomic E-state index is -0.139. The summed E-state index contributed by atoms with van der Waals surface area (Å²) in [7, 11) is 3.34. The lowest BCUT2D eigenvalue weighted by molar-refractivity contribution is -0.130. The van der Waals surface area contributed by atoms with Crippen molar-refractivity contribution >= 4 is 46.2 Å². The predicted octanol–water partition coefficient (Wildman–Crippen LogP) is 2.77. The maximum Gasteiger partial charge on any atom is 0.266 e. The van der Waals surface area contributed by atoms with Gasteiger partial charge < -0.3 is 14.4 Å². The Morgan fingerprint density at radius 1 is 1.27 bits per heavy atom. The molecular weight excluding hydrogens is 372 g/mol. The average molecular weight is 395 g/mol. The van der Waals surface area contributed by atoms with Crippen LogP contribution in [-0.2, 0) is 9.59 Å². The van der Waals surface area contributed by atoms with Crippen LogP contribution in [0.2, 0.25) is 0 Å². The number of carbonyl (C=O) groups is 2. The van der Waals surface area contributed by atoms with Gasteiger partial charge in [-0.05, 0) is 37.6 Å². The number of likely N-dealkylation sites (N-methyl/N-ethyl adjacent to an activating group) is 2. The highest BCUT2D eigenvalue weighted by atomic mass is 32.2. The van der Waals surface area contributed by atoms with Gasteiger partial charge in [-0.2, -0.15) is 0 Å². The first-order valence-corrected chi connectivity index (χ1v) is 9.45. The number of amides is 2. The first kappa shape index (κ1) is 20.3. The number of thioether (sulfide) groups is 1. The molecule has 0 saturated carbocycles. The van der Waals surface area contributed by atoms with Crippen molar-refractivity contribution in [1.82, 2.24) is 9.80 Å². The van der Waals surface area contributed by atoms with Crippen LogP contribution < -0.4 is 9.47 Å². The van der Waals surface area contributed by atoms with Crippen molar-refractivity contribution in [3.63, 3.8) is 0 Å². The van der Waals surface area contributed by atoms with Gasteiger partial charge in [0.15, 0.2) is 18.1 Å². The van der Waals surface area contributed by atoms with Crippen molar-refractivity contribution < 1.29 is 19.1 Å². The molecule has 1 fully saturated rings. The highest BCUT2D eigenvalue weighted by Crippen LogP contribution is 2.34. The van der Waals surface area contributed by atoms with Crippen molar-refractivity contribution in [1.29, 1.82) is 0 Å². The first-order valence-electron chi connectivity index (χ1n) is 8.22. The summed E-state index contributed by atoms with van der Waals surface area (Å²) in [6.07, 6.45) is 1.78. The van der Waals surface area contributed by atoms with Gasteiger partial charge >= 0.3 is 0 Å². The van der Waals surface area contributed by atoms with Gasteiger partial charge in [0, 0.05) is 20.6 Å². The molecule has 1 aromatic carbocycles. The summed E-state index contributed by atoms with van der Waals surface area (Å²) in [6, 6.07) is 5.34. The van der Waals surface area contributed by atoms with Gasteiger partial charge in [0.05, 0.1) is 11.5 Å². The van der Waals surface area contributed by atoms with Crippen LogP contribution in [-0.4, -0.2) is 59.8 Å². The third-order valence-electron chi connectivity index (χ3n) is 3.61. The fourth-order valence-electron chi connectivity index (χ4n) is 2.19. The number of benzene rings is 1. The van der Waals surface area contributed by atoms with Crippen LogP contribution in [0.1, 0.15) is 19.4 Å². The van der Waals surface area contributed by atoms with Crippen molar-refractivity contribution in [2.45, 2.75) is 13.8 Å². The summed E-state index contributed by atoms with van der Waals surface area (Å²) in [4.78, 5) is 27.6. The third-order valence-corrected chi connectivity index (χ3v) is 4.98. The van der Waals surface area contributed by atoms with Gasteiger partial charge in [0.25, 0.3) is 11.8 Å². The fraction of sp³-hybridized carbons (Fsp3) is 0.389. The number of ether oxygens (including phenoxy) is 2. The second-order valence-corrected chi connectivity index (χ2v) is 7.32. The lowest BCUT2D eigenvalue weighted by Crippen LogP contribution is -2.27. The molecule has 0 unspecified atom stereocenters. The molecule has 0 spiro atoms. The Morgan fingerprint density at radius 3 is 2.58 bits per heavy atom. The quantitative estimate of drug-likeness (QED) is 0.524. The van der Waals surface area contributed by atoms with Crippen molar-refractivity contribution in [2.75, 3.05) is 33.9 Å². The van der Waals surface area contributed by atoms with Gasteiger partial charge in [-0.15, -0.1) is 0 Å². The molecule has 8 heteroatoms. The van der Waals surface area contributed by atoms with Crippen LogP contribution in [0, 0.1) is 0 Å². The van der Waals surface area contributed by atoms with Crippen LogP contribution in [0.25, 0.3) is 6.08 Å². The predicted molar refractivity (Wildman–Crippen MR) is 107 cm³/mol. The van der Waals surface area contributed by atoms with E-state index in [4.69, 9.17) is 21.7 Å². The summed E-state index contributed by atoms with van der Waals surface area (Å²) in [5, 5.41) is 0. The van der Waals surface area contributed by atoms with Crippen molar-refractivity contribution in [2.24, 2.45) is 0 Å². The van der Waals surface area contributed by atoms with E-state index in [0.717, 1.165) is 5.56 Å². The molecule has 1 heterocycles. The fourth-order valence-corrected chi connectivity index (χ4v) is 3.58. The summed E-state index contributed by atoms with van der Waals surface area (Å²) in [5.74, 6) is 0.788. The van der Waals surface area contributed by atoms with Crippen LogP contribution in [0.15, 0.2) is 23.1 Å². The number of nitrogens with zero attached hydrogens (tertiary/aromatic N) is 2. The normalized spacial score (nSPS) is 15.5. The minimum Gasteiger partial charge on any atom is -0.490 e. The molecule has 0 aromatic heterocycles. The SMILES string of the molecule is CCOc1cc(/C=C2\SC(=S)N(CC)C2=O)ccc1OCC(=O)N(C)C. The molecule has 2 amide bonds. The van der Waals surface area contributed by atoms with E-state index in [1.54, 1.807) is 37.2 Å². The Kier molecular flexibility index (Phi) is 7.05. The number of hydrogen-bond acceptors (Lipinski definition) is 6. The number of rotatable bonds is 7. The molecule has 0 N–H and O–H groups in total. The van der Waals surface area contributed by atoms with E-state index >= 15 is 0 Å². The maximum atomic E-state index is 12.3. The van der Waals surface area contributed by atoms with Crippen molar-refractivity contribution in [3.8, 4) is 11.5 Å². The van der Waals surface area contributed by atoms with Crippen LogP contribution in [0.5, 0.6) is 11.5 Å². The van der Waals surface area contributed by atoms with Gasteiger partial charge in [-0.3, -0.25) is 14.5 Å². The zero-order valence-electron chi connectivity index (χ0n) is 15.3. The average Bonchev–Trinajstić information content (AvgIpc) is 2.87. The summed E-state index contributed by atoms with van der Waals surface area (Å²) in [6.45, 7) is 4.70. The van der Waals surface area contributed by atoms with Gasteiger partial charge in [0.2, 0.25) is 0 Å². The van der Waals surface area contributed by atoms with Gasteiger partial charge in [-0.1, -0.05) is 30.0 Å². The van der Waals surface area contributed by atoms with E-state index in [-0.39, 0.29) is 18.4 Å². The molecule has 1 saturated heterocycles. The van der Waals surface area contributed by atoms with E-state index in [1.165, 1.54) is 16.7 Å². The van der Waals surface area contributed by atoms with E-state index in [0.29, 0.717) is 33.9 Å². The van der Waals surface area contributed by atoms with Gasteiger partial charge in [-0.25, -0.2) is 0 Å². The minimum absolute atomic E-state index is 0.0679. The molecular formula is C18H22N2O4S2. The monoisotopic (exact) mass is 394 g/mol. The molecule has 140 valence electrons. The Labute approximate surface area is 163 Å². The van der Waals surface area contributed by atoms with Crippen molar-refractivity contribution in [3.05, 3.63) is 28.7 Å². The number of thiocarbonyl (C=S) groups is 1. The van der Waals surface area contributed by atoms with Crippen LogP contribution >= 0.6 is 24.0 Å². The zero-order chi connectivity index (χ0) is 19.3. The first-order chi connectivity index (χ1) is 12.4. The van der Waals surface area contributed by atoms with E-state index in [2.05, 4.69) is 0 Å². The molecule has 1 aliphatic heterocycles. The Morgan fingerprint density at radius 2 is 2.00 bits per heavy atom. The molecule has 2 rings (SSSR count). The number of carbonyl (C=O) groups excluding carboxylic acids is 2. The summed E-state index contributed by atoms with van der Waals surface area (Å²) < 4.78 is 11.8. The Hall–Kier alpha value is -2.06.